The van der Waals surface area contributed by atoms with Crippen molar-refractivity contribution in [1.29, 1.82) is 0 Å². The molecule has 9 heteroatoms. The first kappa shape index (κ1) is 26.7. The molecule has 1 aliphatic rings. The summed E-state index contributed by atoms with van der Waals surface area (Å²) in [6.07, 6.45) is 6.86. The van der Waals surface area contributed by atoms with Crippen molar-refractivity contribution in [1.82, 2.24) is 9.55 Å². The Labute approximate surface area is 226 Å². The van der Waals surface area contributed by atoms with Crippen LogP contribution in [0.4, 0.5) is 0 Å². The molecular formula is C26H28Cl4N2O3. The summed E-state index contributed by atoms with van der Waals surface area (Å²) in [4.78, 5) is 4.11. The van der Waals surface area contributed by atoms with Crippen molar-refractivity contribution >= 4 is 46.4 Å². The van der Waals surface area contributed by atoms with E-state index in [1.807, 2.05) is 61.0 Å². The number of benzene rings is 2. The minimum atomic E-state index is -0.649. The summed E-state index contributed by atoms with van der Waals surface area (Å²) in [7, 11) is 0. The number of ether oxygens (including phenoxy) is 3. The van der Waals surface area contributed by atoms with E-state index in [0.717, 1.165) is 30.4 Å². The summed E-state index contributed by atoms with van der Waals surface area (Å²) in [6, 6.07) is 12.9. The van der Waals surface area contributed by atoms with Crippen LogP contribution in [-0.2, 0) is 19.8 Å². The number of aromatic nitrogens is 2. The second-order valence-electron chi connectivity index (χ2n) is 9.06. The van der Waals surface area contributed by atoms with Crippen molar-refractivity contribution in [3.63, 3.8) is 0 Å². The molecule has 3 aromatic rings. The molecule has 188 valence electrons. The molecule has 0 N–H and O–H groups in total. The standard InChI is InChI=1S/C26H28Cl4N2O3/c1-26(2,21-11-10-19(28)14-22(21)29)35-23-5-3-4-20(34-23)15-33-24(17-6-8-18(27)9-7-17)25(30)32-13-12-31-16-32/h6-14,16,20,23-25H,3-5,15H2,1-2H3. The van der Waals surface area contributed by atoms with Crippen LogP contribution in [0.15, 0.2) is 61.2 Å². The zero-order valence-corrected chi connectivity index (χ0v) is 22.6. The summed E-state index contributed by atoms with van der Waals surface area (Å²) >= 11 is 25.4. The van der Waals surface area contributed by atoms with Crippen LogP contribution >= 0.6 is 46.4 Å². The van der Waals surface area contributed by atoms with E-state index < -0.39 is 17.2 Å². The molecule has 1 fully saturated rings. The van der Waals surface area contributed by atoms with Crippen molar-refractivity contribution in [3.05, 3.63) is 87.4 Å². The molecule has 4 atom stereocenters. The molecule has 0 amide bonds. The van der Waals surface area contributed by atoms with Gasteiger partial charge in [-0.2, -0.15) is 0 Å². The van der Waals surface area contributed by atoms with E-state index in [0.29, 0.717) is 21.7 Å². The minimum absolute atomic E-state index is 0.133. The molecule has 0 radical (unpaired) electrons. The van der Waals surface area contributed by atoms with E-state index in [9.17, 15) is 0 Å². The zero-order valence-electron chi connectivity index (χ0n) is 19.5. The fraction of sp³-hybridized carbons (Fsp3) is 0.423. The first-order valence-electron chi connectivity index (χ1n) is 11.5. The fourth-order valence-corrected chi connectivity index (χ4v) is 5.31. The topological polar surface area (TPSA) is 45.5 Å². The summed E-state index contributed by atoms with van der Waals surface area (Å²) < 4.78 is 20.8. The number of hydrogen-bond acceptors (Lipinski definition) is 4. The van der Waals surface area contributed by atoms with E-state index >= 15 is 0 Å². The van der Waals surface area contributed by atoms with Gasteiger partial charge in [-0.3, -0.25) is 0 Å². The zero-order chi connectivity index (χ0) is 25.0. The minimum Gasteiger partial charge on any atom is -0.367 e. The van der Waals surface area contributed by atoms with E-state index in [1.54, 1.807) is 18.6 Å². The second kappa shape index (κ2) is 11.8. The lowest BCUT2D eigenvalue weighted by Crippen LogP contribution is -2.38. The van der Waals surface area contributed by atoms with Gasteiger partial charge in [-0.05, 0) is 62.9 Å². The molecule has 1 aromatic heterocycles. The van der Waals surface area contributed by atoms with E-state index in [-0.39, 0.29) is 12.4 Å². The van der Waals surface area contributed by atoms with E-state index in [4.69, 9.17) is 60.6 Å². The molecular weight excluding hydrogens is 530 g/mol. The van der Waals surface area contributed by atoms with Crippen LogP contribution in [0.5, 0.6) is 0 Å². The third-order valence-electron chi connectivity index (χ3n) is 6.04. The lowest BCUT2D eigenvalue weighted by Gasteiger charge is -2.37. The molecule has 1 aliphatic heterocycles. The number of rotatable bonds is 9. The van der Waals surface area contributed by atoms with Crippen molar-refractivity contribution in [2.75, 3.05) is 6.61 Å². The van der Waals surface area contributed by atoms with Crippen molar-refractivity contribution in [2.24, 2.45) is 0 Å². The van der Waals surface area contributed by atoms with Gasteiger partial charge in [0.2, 0.25) is 0 Å². The number of hydrogen-bond donors (Lipinski definition) is 0. The van der Waals surface area contributed by atoms with Gasteiger partial charge in [-0.25, -0.2) is 4.98 Å². The van der Waals surface area contributed by atoms with Gasteiger partial charge < -0.3 is 18.8 Å². The van der Waals surface area contributed by atoms with Gasteiger partial charge >= 0.3 is 0 Å². The maximum atomic E-state index is 6.79. The fourth-order valence-electron chi connectivity index (χ4n) is 4.21. The predicted molar refractivity (Wildman–Crippen MR) is 140 cm³/mol. The van der Waals surface area contributed by atoms with Crippen molar-refractivity contribution in [3.8, 4) is 0 Å². The highest BCUT2D eigenvalue weighted by Gasteiger charge is 2.33. The van der Waals surface area contributed by atoms with Crippen LogP contribution in [0.3, 0.4) is 0 Å². The van der Waals surface area contributed by atoms with Crippen molar-refractivity contribution < 1.29 is 14.2 Å². The lowest BCUT2D eigenvalue weighted by atomic mass is 9.97. The molecule has 2 aromatic carbocycles. The molecule has 4 unspecified atom stereocenters. The monoisotopic (exact) mass is 556 g/mol. The Hall–Kier alpha value is -1.31. The smallest absolute Gasteiger partial charge is 0.159 e. The first-order valence-corrected chi connectivity index (χ1v) is 13.1. The van der Waals surface area contributed by atoms with Gasteiger partial charge in [0.05, 0.1) is 24.6 Å². The van der Waals surface area contributed by atoms with Gasteiger partial charge in [0.1, 0.15) is 11.6 Å². The molecule has 4 rings (SSSR count). The summed E-state index contributed by atoms with van der Waals surface area (Å²) in [5.41, 5.74) is 0.646. The van der Waals surface area contributed by atoms with Gasteiger partial charge in [-0.15, -0.1) is 0 Å². The average Bonchev–Trinajstić information content (AvgIpc) is 3.35. The Morgan fingerprint density at radius 3 is 2.51 bits per heavy atom. The highest BCUT2D eigenvalue weighted by molar-refractivity contribution is 6.35. The Morgan fingerprint density at radius 2 is 1.83 bits per heavy atom. The van der Waals surface area contributed by atoms with Crippen LogP contribution in [0.1, 0.15) is 55.8 Å². The Kier molecular flexibility index (Phi) is 9.04. The van der Waals surface area contributed by atoms with Crippen LogP contribution in [0.25, 0.3) is 0 Å². The van der Waals surface area contributed by atoms with Crippen LogP contribution in [-0.4, -0.2) is 28.6 Å². The molecule has 0 aliphatic carbocycles. The highest BCUT2D eigenvalue weighted by atomic mass is 35.5. The average molecular weight is 558 g/mol. The molecule has 35 heavy (non-hydrogen) atoms. The summed E-state index contributed by atoms with van der Waals surface area (Å²) in [5, 5.41) is 1.81. The predicted octanol–water partition coefficient (Wildman–Crippen LogP) is 8.19. The van der Waals surface area contributed by atoms with Crippen LogP contribution in [0, 0.1) is 0 Å². The Bertz CT molecular complexity index is 1090. The lowest BCUT2D eigenvalue weighted by molar-refractivity contribution is -0.249. The molecule has 0 spiro atoms. The van der Waals surface area contributed by atoms with Gasteiger partial charge in [0.15, 0.2) is 6.29 Å². The number of imidazole rings is 1. The normalized spacial score (nSPS) is 20.5. The van der Waals surface area contributed by atoms with Crippen LogP contribution in [0.2, 0.25) is 15.1 Å². The maximum absolute atomic E-state index is 6.79. The summed E-state index contributed by atoms with van der Waals surface area (Å²) in [5.74, 6) is 0. The Morgan fingerprint density at radius 1 is 1.09 bits per heavy atom. The van der Waals surface area contributed by atoms with E-state index in [2.05, 4.69) is 4.98 Å². The number of nitrogens with zero attached hydrogens (tertiary/aromatic N) is 2. The Balaban J connectivity index is 1.41. The highest BCUT2D eigenvalue weighted by Crippen LogP contribution is 2.37. The third kappa shape index (κ3) is 6.92. The number of alkyl halides is 1. The SMILES string of the molecule is CC(C)(OC1CCCC(COC(c2ccc(Cl)cc2)C(Cl)n2ccnc2)O1)c1ccc(Cl)cc1Cl. The molecule has 5 nitrogen and oxygen atoms in total. The first-order chi connectivity index (χ1) is 16.7. The molecule has 1 saturated heterocycles. The van der Waals surface area contributed by atoms with Crippen LogP contribution < -0.4 is 0 Å². The molecule has 2 heterocycles. The molecule has 0 bridgehead atoms. The quantitative estimate of drug-likeness (QED) is 0.249. The van der Waals surface area contributed by atoms with Gasteiger partial charge in [0, 0.05) is 33.0 Å². The van der Waals surface area contributed by atoms with Gasteiger partial charge in [0.25, 0.3) is 0 Å². The van der Waals surface area contributed by atoms with E-state index in [1.165, 1.54) is 0 Å². The second-order valence-corrected chi connectivity index (χ2v) is 10.8. The number of halogens is 4. The third-order valence-corrected chi connectivity index (χ3v) is 7.29. The van der Waals surface area contributed by atoms with Crippen molar-refractivity contribution in [2.45, 2.75) is 62.7 Å². The molecule has 0 saturated carbocycles. The summed E-state index contributed by atoms with van der Waals surface area (Å²) in [6.45, 7) is 4.32. The maximum Gasteiger partial charge on any atom is 0.159 e. The largest absolute Gasteiger partial charge is 0.367 e. The van der Waals surface area contributed by atoms with Gasteiger partial charge in [-0.1, -0.05) is 64.6 Å².